The van der Waals surface area contributed by atoms with Crippen molar-refractivity contribution in [1.29, 1.82) is 0 Å². The third-order valence-electron chi connectivity index (χ3n) is 4.37. The fourth-order valence-electron chi connectivity index (χ4n) is 2.93. The molecule has 27 heavy (non-hydrogen) atoms. The summed E-state index contributed by atoms with van der Waals surface area (Å²) in [5.74, 6) is 0.130. The van der Waals surface area contributed by atoms with E-state index in [4.69, 9.17) is 0 Å². The number of aromatic nitrogens is 3. The highest BCUT2D eigenvalue weighted by molar-refractivity contribution is 7.98. The van der Waals surface area contributed by atoms with E-state index in [1.807, 2.05) is 4.57 Å². The molecule has 4 rings (SSSR count). The highest BCUT2D eigenvalue weighted by atomic mass is 32.2. The van der Waals surface area contributed by atoms with Gasteiger partial charge < -0.3 is 0 Å². The van der Waals surface area contributed by atoms with Gasteiger partial charge in [-0.15, -0.1) is 10.2 Å². The Labute approximate surface area is 157 Å². The molecule has 1 saturated carbocycles. The van der Waals surface area contributed by atoms with E-state index in [1.165, 1.54) is 30.0 Å². The summed E-state index contributed by atoms with van der Waals surface area (Å²) < 4.78 is 55.5. The molecule has 0 N–H and O–H groups in total. The molecule has 1 heterocycles. The van der Waals surface area contributed by atoms with Crippen LogP contribution in [0.2, 0.25) is 0 Å². The molecule has 1 aromatic heterocycles. The van der Waals surface area contributed by atoms with E-state index in [0.29, 0.717) is 16.5 Å². The van der Waals surface area contributed by atoms with Gasteiger partial charge in [-0.2, -0.15) is 13.2 Å². The van der Waals surface area contributed by atoms with Gasteiger partial charge in [0.05, 0.1) is 11.1 Å². The lowest BCUT2D eigenvalue weighted by Crippen LogP contribution is -2.08. The molecule has 0 radical (unpaired) electrons. The smallest absolute Gasteiger partial charge is 0.299 e. The Hall–Kier alpha value is -2.35. The van der Waals surface area contributed by atoms with Crippen molar-refractivity contribution in [3.63, 3.8) is 0 Å². The van der Waals surface area contributed by atoms with Crippen molar-refractivity contribution in [3.8, 4) is 11.4 Å². The molecular weight excluding hydrogens is 378 g/mol. The van der Waals surface area contributed by atoms with Gasteiger partial charge in [0.2, 0.25) is 0 Å². The first-order chi connectivity index (χ1) is 12.9. The summed E-state index contributed by atoms with van der Waals surface area (Å²) in [6, 6.07) is 12.0. The van der Waals surface area contributed by atoms with E-state index in [0.717, 1.165) is 18.9 Å². The van der Waals surface area contributed by atoms with Crippen molar-refractivity contribution in [2.24, 2.45) is 0 Å². The van der Waals surface area contributed by atoms with Crippen LogP contribution in [-0.4, -0.2) is 14.8 Å². The van der Waals surface area contributed by atoms with Crippen LogP contribution >= 0.6 is 11.8 Å². The van der Waals surface area contributed by atoms with Crippen LogP contribution in [0.3, 0.4) is 0 Å². The Morgan fingerprint density at radius 3 is 2.41 bits per heavy atom. The minimum atomic E-state index is -4.40. The van der Waals surface area contributed by atoms with Crippen molar-refractivity contribution < 1.29 is 17.6 Å². The lowest BCUT2D eigenvalue weighted by Gasteiger charge is -2.13. The van der Waals surface area contributed by atoms with Crippen molar-refractivity contribution >= 4 is 11.8 Å². The molecule has 140 valence electrons. The predicted molar refractivity (Wildman–Crippen MR) is 94.7 cm³/mol. The van der Waals surface area contributed by atoms with Gasteiger partial charge in [0, 0.05) is 11.8 Å². The normalized spacial score (nSPS) is 14.5. The summed E-state index contributed by atoms with van der Waals surface area (Å²) in [4.78, 5) is 0. The van der Waals surface area contributed by atoms with Gasteiger partial charge in [0.15, 0.2) is 11.0 Å². The maximum absolute atomic E-state index is 14.2. The number of hydrogen-bond donors (Lipinski definition) is 0. The van der Waals surface area contributed by atoms with Crippen LogP contribution in [0.1, 0.15) is 30.0 Å². The molecule has 1 aliphatic carbocycles. The molecule has 0 unspecified atom stereocenters. The van der Waals surface area contributed by atoms with Crippen LogP contribution in [0.15, 0.2) is 53.7 Å². The standard InChI is InChI=1S/C19H15F4N3S/c20-16-8-4-2-6-14(16)17-24-25-18(26(17)13-9-10-13)27-11-12-5-1-3-7-15(12)19(21,22)23/h1-8,13H,9-11H2. The van der Waals surface area contributed by atoms with Crippen LogP contribution in [0.4, 0.5) is 17.6 Å². The summed E-state index contributed by atoms with van der Waals surface area (Å²) >= 11 is 1.19. The molecular formula is C19H15F4N3S. The molecule has 8 heteroatoms. The molecule has 0 amide bonds. The first kappa shape index (κ1) is 18.0. The van der Waals surface area contributed by atoms with E-state index in [9.17, 15) is 17.6 Å². The van der Waals surface area contributed by atoms with E-state index in [2.05, 4.69) is 10.2 Å². The van der Waals surface area contributed by atoms with Crippen LogP contribution in [0.5, 0.6) is 0 Å². The van der Waals surface area contributed by atoms with Gasteiger partial charge >= 0.3 is 6.18 Å². The predicted octanol–water partition coefficient (Wildman–Crippen LogP) is 5.73. The summed E-state index contributed by atoms with van der Waals surface area (Å²) in [6.45, 7) is 0. The molecule has 2 aromatic carbocycles. The second-order valence-corrected chi connectivity index (χ2v) is 7.27. The van der Waals surface area contributed by atoms with Gasteiger partial charge in [-0.25, -0.2) is 4.39 Å². The highest BCUT2D eigenvalue weighted by Gasteiger charge is 2.34. The van der Waals surface area contributed by atoms with Gasteiger partial charge in [0.1, 0.15) is 5.82 Å². The molecule has 3 nitrogen and oxygen atoms in total. The summed E-state index contributed by atoms with van der Waals surface area (Å²) in [7, 11) is 0. The number of benzene rings is 2. The SMILES string of the molecule is Fc1ccccc1-c1nnc(SCc2ccccc2C(F)(F)F)n1C1CC1. The second kappa shape index (κ2) is 6.99. The average Bonchev–Trinajstić information content (AvgIpc) is 3.39. The Morgan fingerprint density at radius 2 is 1.70 bits per heavy atom. The number of hydrogen-bond acceptors (Lipinski definition) is 3. The lowest BCUT2D eigenvalue weighted by molar-refractivity contribution is -0.138. The van der Waals surface area contributed by atoms with Gasteiger partial charge in [-0.05, 0) is 36.6 Å². The van der Waals surface area contributed by atoms with Crippen molar-refractivity contribution in [1.82, 2.24) is 14.8 Å². The van der Waals surface area contributed by atoms with Crippen molar-refractivity contribution in [2.45, 2.75) is 36.0 Å². The molecule has 0 bridgehead atoms. The zero-order valence-electron chi connectivity index (χ0n) is 14.1. The fourth-order valence-corrected chi connectivity index (χ4v) is 3.94. The van der Waals surface area contributed by atoms with E-state index in [-0.39, 0.29) is 17.4 Å². The topological polar surface area (TPSA) is 30.7 Å². The number of rotatable bonds is 5. The van der Waals surface area contributed by atoms with Crippen LogP contribution < -0.4 is 0 Å². The number of halogens is 4. The molecule has 0 aliphatic heterocycles. The maximum atomic E-state index is 14.2. The highest BCUT2D eigenvalue weighted by Crippen LogP contribution is 2.42. The largest absolute Gasteiger partial charge is 0.416 e. The molecule has 0 spiro atoms. The van der Waals surface area contributed by atoms with Crippen molar-refractivity contribution in [2.75, 3.05) is 0 Å². The third-order valence-corrected chi connectivity index (χ3v) is 5.36. The Morgan fingerprint density at radius 1 is 1.00 bits per heavy atom. The minimum Gasteiger partial charge on any atom is -0.299 e. The minimum absolute atomic E-state index is 0.109. The molecule has 0 saturated heterocycles. The summed E-state index contributed by atoms with van der Waals surface area (Å²) in [5.41, 5.74) is -0.114. The zero-order valence-corrected chi connectivity index (χ0v) is 14.9. The first-order valence-corrected chi connectivity index (χ1v) is 9.41. The Balaban J connectivity index is 1.64. The lowest BCUT2D eigenvalue weighted by atomic mass is 10.1. The molecule has 1 aliphatic rings. The average molecular weight is 393 g/mol. The van der Waals surface area contributed by atoms with Gasteiger partial charge in [-0.1, -0.05) is 42.1 Å². The fraction of sp³-hybridized carbons (Fsp3) is 0.263. The molecule has 1 fully saturated rings. The number of nitrogens with zero attached hydrogens (tertiary/aromatic N) is 3. The maximum Gasteiger partial charge on any atom is 0.416 e. The van der Waals surface area contributed by atoms with Crippen LogP contribution in [0, 0.1) is 5.82 Å². The van der Waals surface area contributed by atoms with Gasteiger partial charge in [-0.3, -0.25) is 4.57 Å². The van der Waals surface area contributed by atoms with Gasteiger partial charge in [0.25, 0.3) is 0 Å². The quantitative estimate of drug-likeness (QED) is 0.410. The number of alkyl halides is 3. The van der Waals surface area contributed by atoms with Crippen LogP contribution in [-0.2, 0) is 11.9 Å². The first-order valence-electron chi connectivity index (χ1n) is 8.43. The van der Waals surface area contributed by atoms with E-state index < -0.39 is 17.6 Å². The Bertz CT molecular complexity index is 964. The Kier molecular flexibility index (Phi) is 4.67. The third kappa shape index (κ3) is 3.71. The second-order valence-electron chi connectivity index (χ2n) is 6.33. The van der Waals surface area contributed by atoms with E-state index in [1.54, 1.807) is 24.3 Å². The van der Waals surface area contributed by atoms with Crippen LogP contribution in [0.25, 0.3) is 11.4 Å². The van der Waals surface area contributed by atoms with E-state index >= 15 is 0 Å². The number of thioether (sulfide) groups is 1. The monoisotopic (exact) mass is 393 g/mol. The van der Waals surface area contributed by atoms with Crippen molar-refractivity contribution in [3.05, 3.63) is 65.5 Å². The summed E-state index contributed by atoms with van der Waals surface area (Å²) in [6.07, 6.45) is -2.56. The molecule has 0 atom stereocenters. The molecule has 3 aromatic rings. The summed E-state index contributed by atoms with van der Waals surface area (Å²) in [5, 5.41) is 8.76. The zero-order chi connectivity index (χ0) is 19.0.